The molecule has 3 atom stereocenters. The summed E-state index contributed by atoms with van der Waals surface area (Å²) in [4.78, 5) is 29.2. The van der Waals surface area contributed by atoms with Gasteiger partial charge in [0.2, 0.25) is 15.9 Å². The number of sulfonamides is 1. The molecule has 1 aliphatic heterocycles. The number of aromatic nitrogens is 2. The molecule has 12 nitrogen and oxygen atoms in total. The lowest BCUT2D eigenvalue weighted by Crippen LogP contribution is -2.47. The molecule has 3 N–H and O–H groups in total. The number of nitrogens with two attached hydrogens (primary N) is 1. The lowest BCUT2D eigenvalue weighted by atomic mass is 10.1. The highest BCUT2D eigenvalue weighted by Crippen LogP contribution is 2.43. The summed E-state index contributed by atoms with van der Waals surface area (Å²) >= 11 is 0. The van der Waals surface area contributed by atoms with E-state index in [4.69, 9.17) is 19.8 Å². The highest BCUT2D eigenvalue weighted by molar-refractivity contribution is 7.89. The number of nitrogens with one attached hydrogen (secondary N) is 1. The van der Waals surface area contributed by atoms with E-state index in [2.05, 4.69) is 15.0 Å². The molecule has 1 aliphatic rings. The van der Waals surface area contributed by atoms with Gasteiger partial charge < -0.3 is 9.16 Å². The Balaban J connectivity index is 2.62. The van der Waals surface area contributed by atoms with Crippen LogP contribution in [0, 0.1) is 6.92 Å². The zero-order chi connectivity index (χ0) is 23.1. The van der Waals surface area contributed by atoms with Gasteiger partial charge in [-0.15, -0.1) is 0 Å². The molecular formula is C16H28N6O6SSi. The lowest BCUT2D eigenvalue weighted by Gasteiger charge is -2.39. The van der Waals surface area contributed by atoms with E-state index in [0.29, 0.717) is 0 Å². The van der Waals surface area contributed by atoms with Crippen molar-refractivity contribution in [2.75, 3.05) is 5.75 Å². The Kier molecular flexibility index (Phi) is 6.44. The number of aryl methyl sites for hydroxylation is 1. The van der Waals surface area contributed by atoms with Crippen molar-refractivity contribution in [1.82, 2.24) is 9.55 Å². The van der Waals surface area contributed by atoms with Gasteiger partial charge in [-0.25, -0.2) is 18.4 Å². The number of primary sulfonamides is 1. The van der Waals surface area contributed by atoms with E-state index in [1.165, 1.54) is 13.1 Å². The smallest absolute Gasteiger partial charge is 0.330 e. The predicted octanol–water partition coefficient (Wildman–Crippen LogP) is 1.23. The second kappa shape index (κ2) is 7.94. The number of ether oxygens (including phenoxy) is 1. The van der Waals surface area contributed by atoms with E-state index in [0.717, 1.165) is 4.57 Å². The first kappa shape index (κ1) is 24.3. The van der Waals surface area contributed by atoms with Crippen LogP contribution in [0.1, 0.15) is 32.8 Å². The van der Waals surface area contributed by atoms with Crippen LogP contribution in [-0.2, 0) is 25.0 Å². The molecule has 30 heavy (non-hydrogen) atoms. The second-order valence-corrected chi connectivity index (χ2v) is 15.4. The summed E-state index contributed by atoms with van der Waals surface area (Å²) in [6.07, 6.45) is -0.819. The zero-order valence-electron chi connectivity index (χ0n) is 17.9. The Morgan fingerprint density at radius 3 is 2.57 bits per heavy atom. The van der Waals surface area contributed by atoms with Gasteiger partial charge in [-0.05, 0) is 35.7 Å². The molecule has 14 heteroatoms. The molecule has 0 saturated carbocycles. The first-order valence-electron chi connectivity index (χ1n) is 9.27. The predicted molar refractivity (Wildman–Crippen MR) is 113 cm³/mol. The van der Waals surface area contributed by atoms with Gasteiger partial charge >= 0.3 is 5.69 Å². The molecule has 1 fully saturated rings. The van der Waals surface area contributed by atoms with Crippen LogP contribution in [0.2, 0.25) is 18.1 Å². The number of nitrogens with zero attached hydrogens (tertiary/aromatic N) is 4. The molecular weight excluding hydrogens is 432 g/mol. The van der Waals surface area contributed by atoms with Crippen LogP contribution >= 0.6 is 0 Å². The van der Waals surface area contributed by atoms with Crippen LogP contribution in [0.3, 0.4) is 0 Å². The fourth-order valence-corrected chi connectivity index (χ4v) is 5.05. The first-order valence-corrected chi connectivity index (χ1v) is 13.9. The monoisotopic (exact) mass is 460 g/mol. The average molecular weight is 461 g/mol. The van der Waals surface area contributed by atoms with Crippen molar-refractivity contribution in [3.8, 4) is 0 Å². The molecule has 2 heterocycles. The van der Waals surface area contributed by atoms with Gasteiger partial charge in [-0.2, -0.15) is 0 Å². The van der Waals surface area contributed by atoms with E-state index >= 15 is 0 Å². The fourth-order valence-electron chi connectivity index (χ4n) is 2.97. The third kappa shape index (κ3) is 5.02. The molecule has 0 bridgehead atoms. The minimum atomic E-state index is -3.97. The highest BCUT2D eigenvalue weighted by Gasteiger charge is 2.53. The van der Waals surface area contributed by atoms with Crippen molar-refractivity contribution in [1.29, 1.82) is 0 Å². The standard InChI is InChI=1S/C16H28N6O6SSi/c1-10-8-22(14(24)19-13(10)23)16(20-21-17)7-11(12(27-16)9-29(18,25)26)28-30(5,6)15(2,3)4/h8,11-12H,7,9H2,1-6H3,(H2,18,25,26)(H,19,23,24)/t11-,12+,16-/m0/s1. The summed E-state index contributed by atoms with van der Waals surface area (Å²) in [6, 6.07) is 0. The quantitative estimate of drug-likeness (QED) is 0.278. The Labute approximate surface area is 175 Å². The molecule has 168 valence electrons. The van der Waals surface area contributed by atoms with Crippen molar-refractivity contribution >= 4 is 18.3 Å². The van der Waals surface area contributed by atoms with Gasteiger partial charge in [0.05, 0.1) is 11.9 Å². The molecule has 0 amide bonds. The summed E-state index contributed by atoms with van der Waals surface area (Å²) in [5.41, 5.74) is 7.88. The molecule has 0 aliphatic carbocycles. The van der Waals surface area contributed by atoms with Gasteiger partial charge in [-0.3, -0.25) is 14.3 Å². The maximum Gasteiger partial charge on any atom is 0.330 e. The molecule has 1 aromatic rings. The van der Waals surface area contributed by atoms with Crippen LogP contribution in [0.4, 0.5) is 0 Å². The Morgan fingerprint density at radius 1 is 1.47 bits per heavy atom. The van der Waals surface area contributed by atoms with Gasteiger partial charge in [-0.1, -0.05) is 20.8 Å². The molecule has 0 radical (unpaired) electrons. The first-order chi connectivity index (χ1) is 13.5. The summed E-state index contributed by atoms with van der Waals surface area (Å²) in [5.74, 6) is -2.50. The van der Waals surface area contributed by atoms with E-state index < -0.39 is 53.4 Å². The van der Waals surface area contributed by atoms with Crippen LogP contribution < -0.4 is 16.4 Å². The van der Waals surface area contributed by atoms with E-state index in [1.807, 2.05) is 33.9 Å². The van der Waals surface area contributed by atoms with Crippen molar-refractivity contribution in [3.63, 3.8) is 0 Å². The molecule has 1 aromatic heterocycles. The largest absolute Gasteiger partial charge is 0.411 e. The van der Waals surface area contributed by atoms with Crippen LogP contribution in [0.5, 0.6) is 0 Å². The Hall–Kier alpha value is -1.96. The number of hydrogen-bond donors (Lipinski definition) is 2. The number of rotatable bonds is 6. The number of H-pyrrole nitrogens is 1. The molecule has 0 unspecified atom stereocenters. The molecule has 0 aromatic carbocycles. The van der Waals surface area contributed by atoms with Gasteiger partial charge in [0, 0.05) is 23.1 Å². The molecule has 0 spiro atoms. The van der Waals surface area contributed by atoms with E-state index in [1.54, 1.807) is 0 Å². The second-order valence-electron chi connectivity index (χ2n) is 8.98. The number of hydrogen-bond acceptors (Lipinski definition) is 7. The Morgan fingerprint density at radius 2 is 2.07 bits per heavy atom. The topological polar surface area (TPSA) is 182 Å². The van der Waals surface area contributed by atoms with Gasteiger partial charge in [0.15, 0.2) is 8.32 Å². The van der Waals surface area contributed by atoms with Crippen molar-refractivity contribution in [2.24, 2.45) is 10.3 Å². The zero-order valence-corrected chi connectivity index (χ0v) is 19.7. The number of aromatic amines is 1. The van der Waals surface area contributed by atoms with E-state index in [9.17, 15) is 18.0 Å². The molecule has 1 saturated heterocycles. The van der Waals surface area contributed by atoms with Crippen molar-refractivity contribution < 1.29 is 17.6 Å². The van der Waals surface area contributed by atoms with Crippen molar-refractivity contribution in [2.45, 2.75) is 70.3 Å². The lowest BCUT2D eigenvalue weighted by molar-refractivity contribution is -0.0935. The van der Waals surface area contributed by atoms with E-state index in [-0.39, 0.29) is 17.0 Å². The summed E-state index contributed by atoms with van der Waals surface area (Å²) < 4.78 is 36.8. The van der Waals surface area contributed by atoms with Crippen LogP contribution in [0.25, 0.3) is 10.4 Å². The van der Waals surface area contributed by atoms with Crippen LogP contribution in [-0.4, -0.2) is 44.2 Å². The summed E-state index contributed by atoms with van der Waals surface area (Å²) in [6.45, 7) is 11.5. The third-order valence-electron chi connectivity index (χ3n) is 5.57. The minimum Gasteiger partial charge on any atom is -0.411 e. The summed E-state index contributed by atoms with van der Waals surface area (Å²) in [7, 11) is -6.38. The third-order valence-corrected chi connectivity index (χ3v) is 10.9. The normalized spacial score (nSPS) is 25.2. The fraction of sp³-hybridized carbons (Fsp3) is 0.750. The van der Waals surface area contributed by atoms with Crippen molar-refractivity contribution in [3.05, 3.63) is 43.0 Å². The SMILES string of the molecule is Cc1cn([C@@]2(N=[N+]=[N-])C[C@H](O[Si](C)(C)C(C)(C)C)[C@@H](CS(N)(=O)=O)O2)c(=O)[nH]c1=O. The average Bonchev–Trinajstić information content (AvgIpc) is 2.85. The maximum atomic E-state index is 12.5. The van der Waals surface area contributed by atoms with Crippen LogP contribution in [0.15, 0.2) is 20.9 Å². The minimum absolute atomic E-state index is 0.130. The summed E-state index contributed by atoms with van der Waals surface area (Å²) in [5, 5.41) is 8.71. The highest BCUT2D eigenvalue weighted by atomic mass is 32.2. The van der Waals surface area contributed by atoms with Gasteiger partial charge in [0.25, 0.3) is 5.56 Å². The maximum absolute atomic E-state index is 12.5. The van der Waals surface area contributed by atoms with Gasteiger partial charge in [0.1, 0.15) is 6.10 Å². The Bertz CT molecular complexity index is 1080. The molecule has 2 rings (SSSR count). The number of azide groups is 1.